The molecule has 1 aliphatic heterocycles. The zero-order valence-corrected chi connectivity index (χ0v) is 10.4. The molecule has 0 radical (unpaired) electrons. The van der Waals surface area contributed by atoms with Crippen molar-refractivity contribution in [1.29, 1.82) is 0 Å². The second kappa shape index (κ2) is 5.80. The molecule has 0 spiro atoms. The first-order chi connectivity index (χ1) is 8.31. The molecule has 3 nitrogen and oxygen atoms in total. The average molecular weight is 232 g/mol. The Bertz CT molecular complexity index is 364. The van der Waals surface area contributed by atoms with Crippen LogP contribution in [0.15, 0.2) is 24.4 Å². The Hall–Kier alpha value is -1.38. The Balaban J connectivity index is 1.99. The molecule has 1 atom stereocenters. The normalized spacial score (nSPS) is 20.3. The molecule has 0 aliphatic carbocycles. The van der Waals surface area contributed by atoms with Crippen molar-refractivity contribution < 1.29 is 4.79 Å². The van der Waals surface area contributed by atoms with Gasteiger partial charge in [-0.1, -0.05) is 13.0 Å². The van der Waals surface area contributed by atoms with Crippen LogP contribution in [0.2, 0.25) is 0 Å². The number of rotatable bonds is 3. The number of carbonyl (C=O) groups excluding carboxylic acids is 1. The van der Waals surface area contributed by atoms with Crippen LogP contribution in [-0.4, -0.2) is 28.4 Å². The van der Waals surface area contributed by atoms with Crippen molar-refractivity contribution in [3.8, 4) is 0 Å². The minimum Gasteiger partial charge on any atom is -0.339 e. The van der Waals surface area contributed by atoms with Crippen LogP contribution in [-0.2, 0) is 11.2 Å². The number of likely N-dealkylation sites (tertiary alicyclic amines) is 1. The fourth-order valence-corrected chi connectivity index (χ4v) is 2.51. The van der Waals surface area contributed by atoms with Gasteiger partial charge in [-0.15, -0.1) is 0 Å². The molecule has 1 amide bonds. The van der Waals surface area contributed by atoms with Crippen LogP contribution in [0, 0.1) is 0 Å². The van der Waals surface area contributed by atoms with Gasteiger partial charge in [0.1, 0.15) is 0 Å². The van der Waals surface area contributed by atoms with Crippen molar-refractivity contribution in [2.75, 3.05) is 6.54 Å². The number of carbonyl (C=O) groups is 1. The summed E-state index contributed by atoms with van der Waals surface area (Å²) in [6.07, 6.45) is 6.81. The molecule has 17 heavy (non-hydrogen) atoms. The minimum atomic E-state index is 0.232. The van der Waals surface area contributed by atoms with Crippen molar-refractivity contribution in [2.45, 2.75) is 45.1 Å². The summed E-state index contributed by atoms with van der Waals surface area (Å²) < 4.78 is 0. The second-order valence-corrected chi connectivity index (χ2v) is 4.64. The van der Waals surface area contributed by atoms with Crippen LogP contribution in [0.5, 0.6) is 0 Å². The molecule has 1 saturated heterocycles. The Morgan fingerprint density at radius 3 is 3.06 bits per heavy atom. The van der Waals surface area contributed by atoms with Crippen LogP contribution in [0.25, 0.3) is 0 Å². The molecule has 0 aromatic carbocycles. The van der Waals surface area contributed by atoms with E-state index in [1.165, 1.54) is 6.42 Å². The third kappa shape index (κ3) is 3.05. The molecule has 0 N–H and O–H groups in total. The maximum Gasteiger partial charge on any atom is 0.228 e. The summed E-state index contributed by atoms with van der Waals surface area (Å²) in [4.78, 5) is 18.5. The number of pyridine rings is 1. The van der Waals surface area contributed by atoms with Gasteiger partial charge in [-0.25, -0.2) is 0 Å². The van der Waals surface area contributed by atoms with E-state index in [0.29, 0.717) is 12.5 Å². The van der Waals surface area contributed by atoms with Gasteiger partial charge < -0.3 is 4.90 Å². The zero-order chi connectivity index (χ0) is 12.1. The fourth-order valence-electron chi connectivity index (χ4n) is 2.51. The summed E-state index contributed by atoms with van der Waals surface area (Å²) in [6.45, 7) is 3.08. The first kappa shape index (κ1) is 12.1. The molecule has 92 valence electrons. The summed E-state index contributed by atoms with van der Waals surface area (Å²) in [7, 11) is 0. The van der Waals surface area contributed by atoms with E-state index in [0.717, 1.165) is 31.5 Å². The van der Waals surface area contributed by atoms with Crippen molar-refractivity contribution in [2.24, 2.45) is 0 Å². The quantitative estimate of drug-likeness (QED) is 0.802. The number of piperidine rings is 1. The van der Waals surface area contributed by atoms with Gasteiger partial charge in [0.2, 0.25) is 5.91 Å². The van der Waals surface area contributed by atoms with Gasteiger partial charge in [0.15, 0.2) is 0 Å². The molecule has 1 aromatic heterocycles. The predicted octanol–water partition coefficient (Wildman–Crippen LogP) is 2.42. The third-order valence-corrected chi connectivity index (χ3v) is 3.48. The van der Waals surface area contributed by atoms with E-state index in [4.69, 9.17) is 0 Å². The van der Waals surface area contributed by atoms with Crippen LogP contribution < -0.4 is 0 Å². The van der Waals surface area contributed by atoms with Crippen LogP contribution in [0.1, 0.15) is 38.3 Å². The van der Waals surface area contributed by atoms with Crippen molar-refractivity contribution in [3.05, 3.63) is 30.1 Å². The molecule has 1 aromatic rings. The highest BCUT2D eigenvalue weighted by Crippen LogP contribution is 2.20. The van der Waals surface area contributed by atoms with E-state index in [2.05, 4.69) is 16.8 Å². The third-order valence-electron chi connectivity index (χ3n) is 3.48. The van der Waals surface area contributed by atoms with Gasteiger partial charge in [-0.3, -0.25) is 9.78 Å². The SMILES string of the molecule is CCC1CCCCN1C(=O)Cc1ccccn1. The zero-order valence-electron chi connectivity index (χ0n) is 10.4. The highest BCUT2D eigenvalue weighted by atomic mass is 16.2. The molecule has 0 saturated carbocycles. The van der Waals surface area contributed by atoms with Gasteiger partial charge in [0.05, 0.1) is 6.42 Å². The smallest absolute Gasteiger partial charge is 0.228 e. The molecule has 0 bridgehead atoms. The molecular weight excluding hydrogens is 212 g/mol. The van der Waals surface area contributed by atoms with E-state index < -0.39 is 0 Å². The summed E-state index contributed by atoms with van der Waals surface area (Å²) >= 11 is 0. The Labute approximate surface area is 103 Å². The molecule has 1 aliphatic rings. The van der Waals surface area contributed by atoms with Gasteiger partial charge in [0, 0.05) is 24.5 Å². The minimum absolute atomic E-state index is 0.232. The van der Waals surface area contributed by atoms with Crippen molar-refractivity contribution in [1.82, 2.24) is 9.88 Å². The standard InChI is InChI=1S/C14H20N2O/c1-2-13-8-4-6-10-16(13)14(17)11-12-7-3-5-9-15-12/h3,5,7,9,13H,2,4,6,8,10-11H2,1H3. The van der Waals surface area contributed by atoms with Gasteiger partial charge in [0.25, 0.3) is 0 Å². The van der Waals surface area contributed by atoms with Gasteiger partial charge >= 0.3 is 0 Å². The fraction of sp³-hybridized carbons (Fsp3) is 0.571. The molecule has 1 unspecified atom stereocenters. The number of hydrogen-bond acceptors (Lipinski definition) is 2. The summed E-state index contributed by atoms with van der Waals surface area (Å²) in [6, 6.07) is 6.18. The summed E-state index contributed by atoms with van der Waals surface area (Å²) in [5.41, 5.74) is 0.873. The Kier molecular flexibility index (Phi) is 4.13. The lowest BCUT2D eigenvalue weighted by atomic mass is 9.99. The topological polar surface area (TPSA) is 33.2 Å². The van der Waals surface area contributed by atoms with E-state index in [9.17, 15) is 4.79 Å². The molecule has 3 heteroatoms. The number of aromatic nitrogens is 1. The summed E-state index contributed by atoms with van der Waals surface area (Å²) in [5.74, 6) is 0.232. The van der Waals surface area contributed by atoms with Crippen molar-refractivity contribution in [3.63, 3.8) is 0 Å². The van der Waals surface area contributed by atoms with Gasteiger partial charge in [-0.05, 0) is 37.8 Å². The highest BCUT2D eigenvalue weighted by molar-refractivity contribution is 5.78. The molecular formula is C14H20N2O. The lowest BCUT2D eigenvalue weighted by Crippen LogP contribution is -2.44. The van der Waals surface area contributed by atoms with E-state index in [-0.39, 0.29) is 5.91 Å². The lowest BCUT2D eigenvalue weighted by molar-refractivity contribution is -0.134. The Morgan fingerprint density at radius 1 is 1.47 bits per heavy atom. The van der Waals surface area contributed by atoms with Crippen LogP contribution in [0.3, 0.4) is 0 Å². The predicted molar refractivity (Wildman–Crippen MR) is 67.6 cm³/mol. The maximum atomic E-state index is 12.2. The van der Waals surface area contributed by atoms with Crippen LogP contribution >= 0.6 is 0 Å². The number of amides is 1. The average Bonchev–Trinajstić information content (AvgIpc) is 2.40. The first-order valence-corrected chi connectivity index (χ1v) is 6.50. The van der Waals surface area contributed by atoms with E-state index in [1.807, 2.05) is 18.2 Å². The largest absolute Gasteiger partial charge is 0.339 e. The van der Waals surface area contributed by atoms with Gasteiger partial charge in [-0.2, -0.15) is 0 Å². The first-order valence-electron chi connectivity index (χ1n) is 6.50. The van der Waals surface area contributed by atoms with E-state index in [1.54, 1.807) is 6.20 Å². The molecule has 1 fully saturated rings. The monoisotopic (exact) mass is 232 g/mol. The van der Waals surface area contributed by atoms with Crippen molar-refractivity contribution >= 4 is 5.91 Å². The molecule has 2 rings (SSSR count). The van der Waals surface area contributed by atoms with Crippen LogP contribution in [0.4, 0.5) is 0 Å². The van der Waals surface area contributed by atoms with E-state index >= 15 is 0 Å². The maximum absolute atomic E-state index is 12.2. The Morgan fingerprint density at radius 2 is 2.35 bits per heavy atom. The number of hydrogen-bond donors (Lipinski definition) is 0. The second-order valence-electron chi connectivity index (χ2n) is 4.64. The summed E-state index contributed by atoms with van der Waals surface area (Å²) in [5, 5.41) is 0. The molecule has 2 heterocycles. The highest BCUT2D eigenvalue weighted by Gasteiger charge is 2.25. The number of nitrogens with zero attached hydrogens (tertiary/aromatic N) is 2. The lowest BCUT2D eigenvalue weighted by Gasteiger charge is -2.35.